The predicted octanol–water partition coefficient (Wildman–Crippen LogP) is 1.28. The van der Waals surface area contributed by atoms with Crippen molar-refractivity contribution >= 4 is 5.91 Å². The number of amides is 1. The van der Waals surface area contributed by atoms with Crippen LogP contribution in [0.15, 0.2) is 18.2 Å². The summed E-state index contributed by atoms with van der Waals surface area (Å²) in [5.41, 5.74) is 6.16. The summed E-state index contributed by atoms with van der Waals surface area (Å²) in [6, 6.07) is 4.61. The van der Waals surface area contributed by atoms with Gasteiger partial charge in [-0.3, -0.25) is 9.69 Å². The molecule has 2 rings (SSSR count). The van der Waals surface area contributed by atoms with Crippen molar-refractivity contribution in [3.63, 3.8) is 0 Å². The van der Waals surface area contributed by atoms with Crippen LogP contribution in [-0.2, 0) is 11.3 Å². The van der Waals surface area contributed by atoms with Crippen LogP contribution in [0, 0.1) is 5.82 Å². The van der Waals surface area contributed by atoms with Crippen molar-refractivity contribution in [3.05, 3.63) is 29.6 Å². The van der Waals surface area contributed by atoms with E-state index in [1.807, 2.05) is 4.90 Å². The molecule has 1 amide bonds. The van der Waals surface area contributed by atoms with E-state index >= 15 is 0 Å². The van der Waals surface area contributed by atoms with Gasteiger partial charge in [-0.2, -0.15) is 0 Å². The molecule has 1 unspecified atom stereocenters. The summed E-state index contributed by atoms with van der Waals surface area (Å²) < 4.78 is 18.4. The molecule has 4 nitrogen and oxygen atoms in total. The van der Waals surface area contributed by atoms with Crippen molar-refractivity contribution in [2.45, 2.75) is 25.4 Å². The minimum atomic E-state index is -0.384. The minimum Gasteiger partial charge on any atom is -0.494 e. The standard InChI is InChI=1S/C13H17FN2O2/c1-18-12-5-4-9(7-10(12)14)8-16-6-2-3-11(16)13(15)17/h4-5,7,11H,2-3,6,8H2,1H3,(H2,15,17). The number of halogens is 1. The van der Waals surface area contributed by atoms with Crippen molar-refractivity contribution in [3.8, 4) is 5.75 Å². The fourth-order valence-corrected chi connectivity index (χ4v) is 2.38. The number of nitrogens with two attached hydrogens (primary N) is 1. The van der Waals surface area contributed by atoms with Gasteiger partial charge in [0.2, 0.25) is 5.91 Å². The van der Waals surface area contributed by atoms with E-state index in [1.165, 1.54) is 13.2 Å². The van der Waals surface area contributed by atoms with Gasteiger partial charge in [-0.05, 0) is 37.1 Å². The van der Waals surface area contributed by atoms with Crippen molar-refractivity contribution in [1.29, 1.82) is 0 Å². The molecule has 0 saturated carbocycles. The zero-order valence-electron chi connectivity index (χ0n) is 10.4. The fraction of sp³-hybridized carbons (Fsp3) is 0.462. The minimum absolute atomic E-state index is 0.227. The summed E-state index contributed by atoms with van der Waals surface area (Å²) in [4.78, 5) is 13.2. The molecule has 0 aromatic heterocycles. The zero-order chi connectivity index (χ0) is 13.1. The van der Waals surface area contributed by atoms with E-state index in [4.69, 9.17) is 10.5 Å². The molecule has 98 valence electrons. The Balaban J connectivity index is 2.09. The summed E-state index contributed by atoms with van der Waals surface area (Å²) in [7, 11) is 1.43. The lowest BCUT2D eigenvalue weighted by Gasteiger charge is -2.21. The highest BCUT2D eigenvalue weighted by atomic mass is 19.1. The molecule has 1 aliphatic rings. The van der Waals surface area contributed by atoms with Crippen LogP contribution in [-0.4, -0.2) is 30.5 Å². The summed E-state index contributed by atoms with van der Waals surface area (Å²) in [5.74, 6) is -0.460. The molecule has 1 saturated heterocycles. The van der Waals surface area contributed by atoms with Gasteiger partial charge >= 0.3 is 0 Å². The molecule has 18 heavy (non-hydrogen) atoms. The van der Waals surface area contributed by atoms with Crippen LogP contribution in [0.5, 0.6) is 5.75 Å². The average Bonchev–Trinajstić information content (AvgIpc) is 2.77. The number of benzene rings is 1. The van der Waals surface area contributed by atoms with Crippen molar-refractivity contribution < 1.29 is 13.9 Å². The molecule has 5 heteroatoms. The van der Waals surface area contributed by atoms with Gasteiger partial charge in [0.25, 0.3) is 0 Å². The smallest absolute Gasteiger partial charge is 0.234 e. The molecule has 1 atom stereocenters. The number of hydrogen-bond acceptors (Lipinski definition) is 3. The first kappa shape index (κ1) is 12.8. The van der Waals surface area contributed by atoms with Crippen LogP contribution >= 0.6 is 0 Å². The maximum absolute atomic E-state index is 13.5. The lowest BCUT2D eigenvalue weighted by molar-refractivity contribution is -0.122. The van der Waals surface area contributed by atoms with Gasteiger partial charge in [0.15, 0.2) is 11.6 Å². The summed E-state index contributed by atoms with van der Waals surface area (Å²) >= 11 is 0. The largest absolute Gasteiger partial charge is 0.494 e. The maximum atomic E-state index is 13.5. The molecule has 1 aromatic carbocycles. The van der Waals surface area contributed by atoms with Crippen LogP contribution in [0.2, 0.25) is 0 Å². The third-order valence-corrected chi connectivity index (χ3v) is 3.29. The molecule has 1 fully saturated rings. The average molecular weight is 252 g/mol. The van der Waals surface area contributed by atoms with Crippen LogP contribution in [0.3, 0.4) is 0 Å². The second-order valence-corrected chi connectivity index (χ2v) is 4.50. The fourth-order valence-electron chi connectivity index (χ4n) is 2.38. The second kappa shape index (κ2) is 5.35. The van der Waals surface area contributed by atoms with Gasteiger partial charge in [-0.1, -0.05) is 6.07 Å². The molecule has 1 aromatic rings. The number of nitrogens with zero attached hydrogens (tertiary/aromatic N) is 1. The van der Waals surface area contributed by atoms with Crippen LogP contribution in [0.1, 0.15) is 18.4 Å². The van der Waals surface area contributed by atoms with E-state index in [1.54, 1.807) is 12.1 Å². The highest BCUT2D eigenvalue weighted by molar-refractivity contribution is 5.80. The Kier molecular flexibility index (Phi) is 3.81. The van der Waals surface area contributed by atoms with Gasteiger partial charge in [-0.25, -0.2) is 4.39 Å². The summed E-state index contributed by atoms with van der Waals surface area (Å²) in [5, 5.41) is 0. The first-order valence-corrected chi connectivity index (χ1v) is 5.97. The second-order valence-electron chi connectivity index (χ2n) is 4.50. The Morgan fingerprint density at radius 2 is 2.39 bits per heavy atom. The molecule has 1 heterocycles. The number of hydrogen-bond donors (Lipinski definition) is 1. The van der Waals surface area contributed by atoms with Crippen LogP contribution in [0.25, 0.3) is 0 Å². The van der Waals surface area contributed by atoms with Gasteiger partial charge in [0, 0.05) is 6.54 Å². The van der Waals surface area contributed by atoms with Crippen molar-refractivity contribution in [2.24, 2.45) is 5.73 Å². The van der Waals surface area contributed by atoms with E-state index in [0.717, 1.165) is 24.9 Å². The number of rotatable bonds is 4. The maximum Gasteiger partial charge on any atom is 0.234 e. The first-order chi connectivity index (χ1) is 8.61. The van der Waals surface area contributed by atoms with Crippen LogP contribution in [0.4, 0.5) is 4.39 Å². The van der Waals surface area contributed by atoms with Crippen LogP contribution < -0.4 is 10.5 Å². The molecule has 0 radical (unpaired) electrons. The molecule has 1 aliphatic heterocycles. The van der Waals surface area contributed by atoms with E-state index in [9.17, 15) is 9.18 Å². The first-order valence-electron chi connectivity index (χ1n) is 5.97. The number of carbonyl (C=O) groups is 1. The molecular formula is C13H17FN2O2. The summed E-state index contributed by atoms with van der Waals surface area (Å²) in [6.07, 6.45) is 1.74. The van der Waals surface area contributed by atoms with Gasteiger partial charge < -0.3 is 10.5 Å². The van der Waals surface area contributed by atoms with Gasteiger partial charge in [0.05, 0.1) is 13.2 Å². The lowest BCUT2D eigenvalue weighted by Crippen LogP contribution is -2.39. The number of primary amides is 1. The van der Waals surface area contributed by atoms with Gasteiger partial charge in [-0.15, -0.1) is 0 Å². The third kappa shape index (κ3) is 2.61. The predicted molar refractivity (Wildman–Crippen MR) is 65.6 cm³/mol. The quantitative estimate of drug-likeness (QED) is 0.878. The van der Waals surface area contributed by atoms with E-state index in [2.05, 4.69) is 0 Å². The Labute approximate surface area is 106 Å². The Morgan fingerprint density at radius 1 is 1.61 bits per heavy atom. The number of carbonyl (C=O) groups excluding carboxylic acids is 1. The lowest BCUT2D eigenvalue weighted by atomic mass is 10.1. The highest BCUT2D eigenvalue weighted by Gasteiger charge is 2.28. The number of methoxy groups -OCH3 is 1. The number of likely N-dealkylation sites (tertiary alicyclic amines) is 1. The molecule has 0 spiro atoms. The summed E-state index contributed by atoms with van der Waals surface area (Å²) in [6.45, 7) is 1.36. The molecule has 2 N–H and O–H groups in total. The van der Waals surface area contributed by atoms with Gasteiger partial charge in [0.1, 0.15) is 0 Å². The normalized spacial score (nSPS) is 20.0. The number of ether oxygens (including phenoxy) is 1. The van der Waals surface area contributed by atoms with E-state index in [0.29, 0.717) is 6.54 Å². The van der Waals surface area contributed by atoms with E-state index < -0.39 is 0 Å². The molecule has 0 aliphatic carbocycles. The third-order valence-electron chi connectivity index (χ3n) is 3.29. The highest BCUT2D eigenvalue weighted by Crippen LogP contribution is 2.22. The topological polar surface area (TPSA) is 55.6 Å². The Morgan fingerprint density at radius 3 is 3.00 bits per heavy atom. The SMILES string of the molecule is COc1ccc(CN2CCCC2C(N)=O)cc1F. The molecule has 0 bridgehead atoms. The Bertz CT molecular complexity index is 451. The van der Waals surface area contributed by atoms with E-state index in [-0.39, 0.29) is 23.5 Å². The van der Waals surface area contributed by atoms with Crippen molar-refractivity contribution in [1.82, 2.24) is 4.90 Å². The van der Waals surface area contributed by atoms with Crippen molar-refractivity contribution in [2.75, 3.05) is 13.7 Å². The molecular weight excluding hydrogens is 235 g/mol. The Hall–Kier alpha value is -1.62. The zero-order valence-corrected chi connectivity index (χ0v) is 10.4. The monoisotopic (exact) mass is 252 g/mol.